The monoisotopic (exact) mass is 349 g/mol. The first-order valence-corrected chi connectivity index (χ1v) is 8.16. The highest BCUT2D eigenvalue weighted by molar-refractivity contribution is 6.42. The molecule has 3 nitrogen and oxygen atoms in total. The van der Waals surface area contributed by atoms with Gasteiger partial charge in [-0.3, -0.25) is 0 Å². The number of hydrogen-bond acceptors (Lipinski definition) is 3. The smallest absolute Gasteiger partial charge is 0.337 e. The Hall–Kier alpha value is -1.71. The fourth-order valence-electron chi connectivity index (χ4n) is 3.00. The average molecular weight is 350 g/mol. The van der Waals surface area contributed by atoms with Crippen LogP contribution in [0.3, 0.4) is 0 Å². The standard InChI is InChI=1S/C18H17Cl2NO2/c1-11-7-13(18(22)23-2)8-12-5-6-21(10-15(11)12)14-3-4-16(19)17(20)9-14/h3-4,7-9H,5-6,10H2,1-2H3. The molecule has 2 aromatic carbocycles. The van der Waals surface area contributed by atoms with E-state index in [1.54, 1.807) is 0 Å². The number of fused-ring (bicyclic) bond motifs is 1. The molecular formula is C18H17Cl2NO2. The van der Waals surface area contributed by atoms with Gasteiger partial charge in [-0.25, -0.2) is 4.79 Å². The summed E-state index contributed by atoms with van der Waals surface area (Å²) in [6.45, 7) is 3.69. The van der Waals surface area contributed by atoms with Gasteiger partial charge in [0.2, 0.25) is 0 Å². The highest BCUT2D eigenvalue weighted by Crippen LogP contribution is 2.31. The third-order valence-corrected chi connectivity index (χ3v) is 4.99. The molecule has 3 rings (SSSR count). The molecule has 0 saturated carbocycles. The molecular weight excluding hydrogens is 333 g/mol. The van der Waals surface area contributed by atoms with Crippen molar-refractivity contribution in [3.8, 4) is 0 Å². The van der Waals surface area contributed by atoms with E-state index in [2.05, 4.69) is 4.90 Å². The Balaban J connectivity index is 1.91. The van der Waals surface area contributed by atoms with Crippen LogP contribution in [0.25, 0.3) is 0 Å². The first kappa shape index (κ1) is 16.2. The van der Waals surface area contributed by atoms with Crippen molar-refractivity contribution in [3.63, 3.8) is 0 Å². The van der Waals surface area contributed by atoms with Crippen LogP contribution in [0.4, 0.5) is 5.69 Å². The fourth-order valence-corrected chi connectivity index (χ4v) is 3.29. The van der Waals surface area contributed by atoms with E-state index in [1.807, 2.05) is 37.3 Å². The lowest BCUT2D eigenvalue weighted by Gasteiger charge is -2.32. The van der Waals surface area contributed by atoms with Gasteiger partial charge in [-0.2, -0.15) is 0 Å². The molecule has 0 radical (unpaired) electrons. The van der Waals surface area contributed by atoms with Crippen molar-refractivity contribution in [3.05, 3.63) is 62.6 Å². The summed E-state index contributed by atoms with van der Waals surface area (Å²) >= 11 is 12.1. The molecule has 1 aliphatic heterocycles. The summed E-state index contributed by atoms with van der Waals surface area (Å²) in [7, 11) is 1.41. The molecule has 120 valence electrons. The van der Waals surface area contributed by atoms with Gasteiger partial charge < -0.3 is 9.64 Å². The molecule has 2 aromatic rings. The molecule has 0 N–H and O–H groups in total. The number of nitrogens with zero attached hydrogens (tertiary/aromatic N) is 1. The van der Waals surface area contributed by atoms with Crippen LogP contribution in [-0.2, 0) is 17.7 Å². The zero-order valence-corrected chi connectivity index (χ0v) is 14.5. The molecule has 1 aliphatic rings. The van der Waals surface area contributed by atoms with Crippen molar-refractivity contribution in [1.82, 2.24) is 0 Å². The van der Waals surface area contributed by atoms with E-state index in [1.165, 1.54) is 18.2 Å². The van der Waals surface area contributed by atoms with Gasteiger partial charge in [-0.15, -0.1) is 0 Å². The number of ether oxygens (including phenoxy) is 1. The summed E-state index contributed by atoms with van der Waals surface area (Å²) in [5, 5.41) is 1.12. The highest BCUT2D eigenvalue weighted by atomic mass is 35.5. The predicted molar refractivity (Wildman–Crippen MR) is 93.7 cm³/mol. The van der Waals surface area contributed by atoms with E-state index in [0.29, 0.717) is 15.6 Å². The topological polar surface area (TPSA) is 29.5 Å². The molecule has 0 saturated heterocycles. The lowest BCUT2D eigenvalue weighted by Crippen LogP contribution is -2.31. The number of hydrogen-bond donors (Lipinski definition) is 0. The second kappa shape index (κ2) is 6.42. The minimum atomic E-state index is -0.289. The summed E-state index contributed by atoms with van der Waals surface area (Å²) in [6, 6.07) is 9.54. The molecule has 1 heterocycles. The van der Waals surface area contributed by atoms with E-state index in [9.17, 15) is 4.79 Å². The maximum atomic E-state index is 11.7. The summed E-state index contributed by atoms with van der Waals surface area (Å²) < 4.78 is 4.82. The average Bonchev–Trinajstić information content (AvgIpc) is 2.56. The van der Waals surface area contributed by atoms with Gasteiger partial charge in [0.25, 0.3) is 0 Å². The molecule has 0 aromatic heterocycles. The minimum absolute atomic E-state index is 0.289. The molecule has 0 aliphatic carbocycles. The van der Waals surface area contributed by atoms with Crippen LogP contribution in [0.5, 0.6) is 0 Å². The first-order chi connectivity index (χ1) is 11.0. The third-order valence-electron chi connectivity index (χ3n) is 4.25. The number of carbonyl (C=O) groups excluding carboxylic acids is 1. The Morgan fingerprint density at radius 2 is 1.96 bits per heavy atom. The molecule has 0 bridgehead atoms. The molecule has 0 spiro atoms. The maximum absolute atomic E-state index is 11.7. The molecule has 5 heteroatoms. The number of rotatable bonds is 2. The summed E-state index contributed by atoms with van der Waals surface area (Å²) in [4.78, 5) is 14.0. The number of anilines is 1. The lowest BCUT2D eigenvalue weighted by atomic mass is 9.92. The van der Waals surface area contributed by atoms with E-state index >= 15 is 0 Å². The number of halogens is 2. The van der Waals surface area contributed by atoms with Gasteiger partial charge in [0.15, 0.2) is 0 Å². The first-order valence-electron chi connectivity index (χ1n) is 7.40. The van der Waals surface area contributed by atoms with Crippen molar-refractivity contribution in [1.29, 1.82) is 0 Å². The Bertz CT molecular complexity index is 774. The Morgan fingerprint density at radius 3 is 2.65 bits per heavy atom. The Labute approximate surface area is 145 Å². The van der Waals surface area contributed by atoms with Gasteiger partial charge in [-0.1, -0.05) is 23.2 Å². The highest BCUT2D eigenvalue weighted by Gasteiger charge is 2.21. The van der Waals surface area contributed by atoms with E-state index in [-0.39, 0.29) is 5.97 Å². The van der Waals surface area contributed by atoms with Crippen LogP contribution in [-0.4, -0.2) is 19.6 Å². The zero-order valence-electron chi connectivity index (χ0n) is 13.0. The molecule has 0 atom stereocenters. The molecule has 0 fully saturated rings. The number of benzene rings is 2. The van der Waals surface area contributed by atoms with Gasteiger partial charge in [0, 0.05) is 18.8 Å². The van der Waals surface area contributed by atoms with Crippen molar-refractivity contribution in [2.24, 2.45) is 0 Å². The summed E-state index contributed by atoms with van der Waals surface area (Å²) in [5.74, 6) is -0.289. The van der Waals surface area contributed by atoms with Crippen LogP contribution in [0.2, 0.25) is 10.0 Å². The van der Waals surface area contributed by atoms with Gasteiger partial charge >= 0.3 is 5.97 Å². The molecule has 0 amide bonds. The second-order valence-corrected chi connectivity index (χ2v) is 6.51. The van der Waals surface area contributed by atoms with Crippen molar-refractivity contribution in [2.75, 3.05) is 18.6 Å². The van der Waals surface area contributed by atoms with Crippen LogP contribution < -0.4 is 4.90 Å². The predicted octanol–water partition coefficient (Wildman–Crippen LogP) is 4.65. The minimum Gasteiger partial charge on any atom is -0.465 e. The van der Waals surface area contributed by atoms with Gasteiger partial charge in [-0.05, 0) is 60.4 Å². The normalized spacial score (nSPS) is 13.7. The van der Waals surface area contributed by atoms with E-state index < -0.39 is 0 Å². The fraction of sp³-hybridized carbons (Fsp3) is 0.278. The molecule has 23 heavy (non-hydrogen) atoms. The lowest BCUT2D eigenvalue weighted by molar-refractivity contribution is 0.0600. The van der Waals surface area contributed by atoms with Crippen LogP contribution >= 0.6 is 23.2 Å². The van der Waals surface area contributed by atoms with Crippen LogP contribution in [0, 0.1) is 6.92 Å². The van der Waals surface area contributed by atoms with Gasteiger partial charge in [0.05, 0.1) is 22.7 Å². The largest absolute Gasteiger partial charge is 0.465 e. The van der Waals surface area contributed by atoms with Crippen molar-refractivity contribution >= 4 is 34.9 Å². The summed E-state index contributed by atoms with van der Waals surface area (Å²) in [6.07, 6.45) is 0.876. The summed E-state index contributed by atoms with van der Waals surface area (Å²) in [5.41, 5.74) is 5.25. The van der Waals surface area contributed by atoms with Crippen LogP contribution in [0.15, 0.2) is 30.3 Å². The SMILES string of the molecule is COC(=O)c1cc(C)c2c(c1)CCN(c1ccc(Cl)c(Cl)c1)C2. The van der Waals surface area contributed by atoms with Gasteiger partial charge in [0.1, 0.15) is 0 Å². The Morgan fingerprint density at radius 1 is 1.17 bits per heavy atom. The van der Waals surface area contributed by atoms with Crippen molar-refractivity contribution in [2.45, 2.75) is 19.9 Å². The van der Waals surface area contributed by atoms with Crippen molar-refractivity contribution < 1.29 is 9.53 Å². The zero-order chi connectivity index (χ0) is 16.6. The Kier molecular flexibility index (Phi) is 4.51. The maximum Gasteiger partial charge on any atom is 0.337 e. The van der Waals surface area contributed by atoms with E-state index in [0.717, 1.165) is 30.8 Å². The third kappa shape index (κ3) is 3.17. The van der Waals surface area contributed by atoms with Crippen LogP contribution in [0.1, 0.15) is 27.0 Å². The van der Waals surface area contributed by atoms with E-state index in [4.69, 9.17) is 27.9 Å². The number of carbonyl (C=O) groups is 1. The number of aryl methyl sites for hydroxylation is 1. The quantitative estimate of drug-likeness (QED) is 0.739. The second-order valence-electron chi connectivity index (χ2n) is 5.69. The molecule has 0 unspecified atom stereocenters. The number of methoxy groups -OCH3 is 1. The number of esters is 1.